The van der Waals surface area contributed by atoms with Gasteiger partial charge in [-0.25, -0.2) is 4.98 Å². The van der Waals surface area contributed by atoms with Crippen LogP contribution in [0, 0.1) is 0 Å². The van der Waals surface area contributed by atoms with Gasteiger partial charge in [-0.05, 0) is 38.0 Å². The van der Waals surface area contributed by atoms with Crippen molar-refractivity contribution in [3.63, 3.8) is 0 Å². The Labute approximate surface area is 173 Å². The standard InChI is InChI=1S/C18H29N7.HI/c1-4-24(5-2)17-9-8-16(14-21-17)15-22-18(19-3)20-10-6-12-25-13-7-11-23-25;/h7-9,11,13-14H,4-6,10,12,15H2,1-3H3,(H2,19,20,22);1H. The summed E-state index contributed by atoms with van der Waals surface area (Å²) in [4.78, 5) is 11.0. The van der Waals surface area contributed by atoms with Crippen LogP contribution in [0.25, 0.3) is 0 Å². The molecule has 2 aromatic heterocycles. The van der Waals surface area contributed by atoms with Gasteiger partial charge in [0.1, 0.15) is 5.82 Å². The van der Waals surface area contributed by atoms with Crippen molar-refractivity contribution in [3.05, 3.63) is 42.4 Å². The van der Waals surface area contributed by atoms with Gasteiger partial charge >= 0.3 is 0 Å². The highest BCUT2D eigenvalue weighted by molar-refractivity contribution is 14.0. The molecule has 0 aliphatic carbocycles. The number of halogens is 1. The molecule has 26 heavy (non-hydrogen) atoms. The predicted octanol–water partition coefficient (Wildman–Crippen LogP) is 2.50. The third kappa shape index (κ3) is 7.19. The quantitative estimate of drug-likeness (QED) is 0.255. The number of aryl methyl sites for hydroxylation is 1. The number of guanidine groups is 1. The van der Waals surface area contributed by atoms with Gasteiger partial charge in [-0.2, -0.15) is 5.10 Å². The fourth-order valence-electron chi connectivity index (χ4n) is 2.54. The van der Waals surface area contributed by atoms with Crippen LogP contribution in [0.4, 0.5) is 5.82 Å². The fourth-order valence-corrected chi connectivity index (χ4v) is 2.54. The smallest absolute Gasteiger partial charge is 0.191 e. The molecule has 0 unspecified atom stereocenters. The zero-order chi connectivity index (χ0) is 17.9. The number of hydrogen-bond acceptors (Lipinski definition) is 4. The van der Waals surface area contributed by atoms with E-state index in [0.717, 1.165) is 49.9 Å². The van der Waals surface area contributed by atoms with E-state index in [1.807, 2.05) is 23.1 Å². The van der Waals surface area contributed by atoms with Gasteiger partial charge in [0.2, 0.25) is 0 Å². The van der Waals surface area contributed by atoms with Gasteiger partial charge in [0, 0.05) is 58.4 Å². The van der Waals surface area contributed by atoms with Crippen molar-refractivity contribution in [1.29, 1.82) is 0 Å². The SMILES string of the molecule is CCN(CC)c1ccc(CNC(=NC)NCCCn2cccn2)cn1.I. The van der Waals surface area contributed by atoms with Crippen molar-refractivity contribution >= 4 is 35.8 Å². The Hall–Kier alpha value is -1.84. The molecule has 8 heteroatoms. The van der Waals surface area contributed by atoms with Crippen LogP contribution < -0.4 is 15.5 Å². The van der Waals surface area contributed by atoms with E-state index in [-0.39, 0.29) is 24.0 Å². The van der Waals surface area contributed by atoms with Gasteiger partial charge in [0.05, 0.1) is 0 Å². The van der Waals surface area contributed by atoms with Crippen molar-refractivity contribution in [2.75, 3.05) is 31.6 Å². The number of pyridine rings is 1. The summed E-state index contributed by atoms with van der Waals surface area (Å²) in [7, 11) is 1.78. The van der Waals surface area contributed by atoms with E-state index in [0.29, 0.717) is 6.54 Å². The van der Waals surface area contributed by atoms with Crippen LogP contribution in [0.5, 0.6) is 0 Å². The Morgan fingerprint density at radius 1 is 1.23 bits per heavy atom. The maximum Gasteiger partial charge on any atom is 0.191 e. The molecule has 2 rings (SSSR count). The molecule has 2 aromatic rings. The monoisotopic (exact) mass is 471 g/mol. The minimum absolute atomic E-state index is 0. The first-order valence-corrected chi connectivity index (χ1v) is 8.88. The molecule has 2 heterocycles. The Morgan fingerprint density at radius 3 is 2.62 bits per heavy atom. The normalized spacial score (nSPS) is 11.0. The molecule has 0 saturated carbocycles. The van der Waals surface area contributed by atoms with E-state index < -0.39 is 0 Å². The van der Waals surface area contributed by atoms with E-state index in [4.69, 9.17) is 0 Å². The minimum Gasteiger partial charge on any atom is -0.357 e. The fraction of sp³-hybridized carbons (Fsp3) is 0.500. The van der Waals surface area contributed by atoms with Gasteiger partial charge < -0.3 is 15.5 Å². The molecule has 0 aliphatic heterocycles. The summed E-state index contributed by atoms with van der Waals surface area (Å²) in [5, 5.41) is 10.8. The summed E-state index contributed by atoms with van der Waals surface area (Å²) in [5.41, 5.74) is 1.13. The summed E-state index contributed by atoms with van der Waals surface area (Å²) in [6.07, 6.45) is 6.68. The highest BCUT2D eigenvalue weighted by atomic mass is 127. The second-order valence-corrected chi connectivity index (χ2v) is 5.67. The van der Waals surface area contributed by atoms with Gasteiger partial charge in [-0.1, -0.05) is 6.07 Å². The van der Waals surface area contributed by atoms with Crippen LogP contribution >= 0.6 is 24.0 Å². The second-order valence-electron chi connectivity index (χ2n) is 5.67. The summed E-state index contributed by atoms with van der Waals surface area (Å²) < 4.78 is 1.93. The van der Waals surface area contributed by atoms with Crippen LogP contribution in [0.2, 0.25) is 0 Å². The van der Waals surface area contributed by atoms with E-state index in [2.05, 4.69) is 56.6 Å². The van der Waals surface area contributed by atoms with Crippen molar-refractivity contribution in [2.24, 2.45) is 4.99 Å². The molecule has 0 atom stereocenters. The molecule has 0 spiro atoms. The van der Waals surface area contributed by atoms with E-state index in [1.165, 1.54) is 0 Å². The lowest BCUT2D eigenvalue weighted by atomic mass is 10.2. The molecule has 7 nitrogen and oxygen atoms in total. The molecule has 0 radical (unpaired) electrons. The molecule has 144 valence electrons. The molecule has 0 saturated heterocycles. The Balaban J connectivity index is 0.00000338. The lowest BCUT2D eigenvalue weighted by molar-refractivity contribution is 0.570. The van der Waals surface area contributed by atoms with Crippen LogP contribution in [-0.2, 0) is 13.1 Å². The molecule has 2 N–H and O–H groups in total. The van der Waals surface area contributed by atoms with Crippen LogP contribution in [-0.4, -0.2) is 47.4 Å². The van der Waals surface area contributed by atoms with Crippen LogP contribution in [0.1, 0.15) is 25.8 Å². The first-order valence-electron chi connectivity index (χ1n) is 8.88. The summed E-state index contributed by atoms with van der Waals surface area (Å²) in [6.45, 7) is 8.66. The molecule has 0 amide bonds. The molecule has 0 aliphatic rings. The lowest BCUT2D eigenvalue weighted by Crippen LogP contribution is -2.37. The highest BCUT2D eigenvalue weighted by Crippen LogP contribution is 2.10. The minimum atomic E-state index is 0. The number of aliphatic imine (C=N–C) groups is 1. The maximum atomic E-state index is 4.54. The highest BCUT2D eigenvalue weighted by Gasteiger charge is 2.03. The van der Waals surface area contributed by atoms with Gasteiger partial charge in [-0.3, -0.25) is 9.67 Å². The first kappa shape index (κ1) is 22.2. The van der Waals surface area contributed by atoms with Crippen molar-refractivity contribution in [3.8, 4) is 0 Å². The lowest BCUT2D eigenvalue weighted by Gasteiger charge is -2.19. The van der Waals surface area contributed by atoms with Crippen molar-refractivity contribution in [2.45, 2.75) is 33.4 Å². The average molecular weight is 471 g/mol. The zero-order valence-corrected chi connectivity index (χ0v) is 18.2. The number of nitrogens with zero attached hydrogens (tertiary/aromatic N) is 5. The third-order valence-electron chi connectivity index (χ3n) is 4.00. The largest absolute Gasteiger partial charge is 0.357 e. The van der Waals surface area contributed by atoms with Crippen molar-refractivity contribution < 1.29 is 0 Å². The zero-order valence-electron chi connectivity index (χ0n) is 15.9. The predicted molar refractivity (Wildman–Crippen MR) is 118 cm³/mol. The number of nitrogens with one attached hydrogen (secondary N) is 2. The van der Waals surface area contributed by atoms with E-state index >= 15 is 0 Å². The van der Waals surface area contributed by atoms with Gasteiger partial charge in [0.15, 0.2) is 5.96 Å². The number of aromatic nitrogens is 3. The Bertz CT molecular complexity index is 621. The Morgan fingerprint density at radius 2 is 2.04 bits per heavy atom. The van der Waals surface area contributed by atoms with Gasteiger partial charge in [-0.15, -0.1) is 24.0 Å². The molecule has 0 aromatic carbocycles. The number of rotatable bonds is 9. The average Bonchev–Trinajstić information content (AvgIpc) is 3.17. The Kier molecular flexibility index (Phi) is 10.7. The van der Waals surface area contributed by atoms with Gasteiger partial charge in [0.25, 0.3) is 0 Å². The summed E-state index contributed by atoms with van der Waals surface area (Å²) in [6, 6.07) is 6.12. The summed E-state index contributed by atoms with van der Waals surface area (Å²) >= 11 is 0. The van der Waals surface area contributed by atoms with E-state index in [9.17, 15) is 0 Å². The molecule has 0 bridgehead atoms. The third-order valence-corrected chi connectivity index (χ3v) is 4.00. The van der Waals surface area contributed by atoms with E-state index in [1.54, 1.807) is 13.2 Å². The number of anilines is 1. The molecular formula is C18H30IN7. The van der Waals surface area contributed by atoms with Crippen molar-refractivity contribution in [1.82, 2.24) is 25.4 Å². The van der Waals surface area contributed by atoms with Crippen LogP contribution in [0.15, 0.2) is 41.8 Å². The second kappa shape index (κ2) is 12.5. The first-order chi connectivity index (χ1) is 12.3. The maximum absolute atomic E-state index is 4.54. The summed E-state index contributed by atoms with van der Waals surface area (Å²) in [5.74, 6) is 1.82. The molecular weight excluding hydrogens is 441 g/mol. The topological polar surface area (TPSA) is 70.4 Å². The number of hydrogen-bond donors (Lipinski definition) is 2. The molecule has 0 fully saturated rings. The van der Waals surface area contributed by atoms with Crippen LogP contribution in [0.3, 0.4) is 0 Å².